The molecule has 0 saturated heterocycles. The van der Waals surface area contributed by atoms with Crippen LogP contribution in [0.5, 0.6) is 0 Å². The second-order valence-electron chi connectivity index (χ2n) is 0.707. The summed E-state index contributed by atoms with van der Waals surface area (Å²) in [5.74, 6) is 0. The van der Waals surface area contributed by atoms with Crippen LogP contribution in [0.3, 0.4) is 0 Å². The van der Waals surface area contributed by atoms with E-state index in [1.165, 1.54) is 31.6 Å². The third-order valence-electron chi connectivity index (χ3n) is 0. The van der Waals surface area contributed by atoms with E-state index in [0.29, 0.717) is 0 Å². The molecule has 0 aromatic carbocycles. The van der Waals surface area contributed by atoms with E-state index in [2.05, 4.69) is 6.92 Å². The van der Waals surface area contributed by atoms with Gasteiger partial charge in [-0.2, -0.15) is 0 Å². The van der Waals surface area contributed by atoms with Crippen LogP contribution in [0.4, 0.5) is 0 Å². The normalized spacial score (nSPS) is 4.75. The van der Waals surface area contributed by atoms with Gasteiger partial charge in [0, 0.05) is 0 Å². The summed E-state index contributed by atoms with van der Waals surface area (Å²) in [4.78, 5) is 0. The summed E-state index contributed by atoms with van der Waals surface area (Å²) in [6, 6.07) is 0. The minimum atomic E-state index is 0. The Morgan fingerprint density at radius 2 is 1.75 bits per heavy atom. The van der Waals surface area contributed by atoms with Crippen molar-refractivity contribution in [2.75, 3.05) is 0 Å². The Labute approximate surface area is 47.0 Å². The Balaban J connectivity index is 0. The monoisotopic (exact) mass is 66.1 g/mol. The quantitative estimate of drug-likeness (QED) is 0.331. The van der Waals surface area contributed by atoms with E-state index in [1.54, 1.807) is 0 Å². The molecule has 0 amide bonds. The summed E-state index contributed by atoms with van der Waals surface area (Å²) in [6.07, 6.45) is 0. The van der Waals surface area contributed by atoms with Crippen LogP contribution in [0.1, 0.15) is 6.92 Å². The molecule has 0 aliphatic carbocycles. The van der Waals surface area contributed by atoms with Crippen molar-refractivity contribution in [2.24, 2.45) is 0 Å². The van der Waals surface area contributed by atoms with Gasteiger partial charge in [0.25, 0.3) is 0 Å². The zero-order valence-electron chi connectivity index (χ0n) is 2.71. The van der Waals surface area contributed by atoms with Gasteiger partial charge in [0.1, 0.15) is 0 Å². The first-order valence-corrected chi connectivity index (χ1v) is 2.83. The van der Waals surface area contributed by atoms with Crippen LogP contribution >= 0.6 is 0 Å². The predicted molar refractivity (Wildman–Crippen MR) is 26.2 cm³/mol. The molecule has 0 nitrogen and oxygen atoms in total. The molecule has 0 aromatic rings. The number of hydrogen-bond acceptors (Lipinski definition) is 0. The molecule has 0 N–H and O–H groups in total. The van der Waals surface area contributed by atoms with Gasteiger partial charge in [-0.25, -0.2) is 0 Å². The summed E-state index contributed by atoms with van der Waals surface area (Å²) >= 11 is 1.37. The van der Waals surface area contributed by atoms with Gasteiger partial charge in [-0.3, -0.25) is 0 Å². The van der Waals surface area contributed by atoms with E-state index < -0.39 is 0 Å². The molecule has 0 bridgehead atoms. The fourth-order valence-electron chi connectivity index (χ4n) is 0. The molecule has 2 heteroatoms. The van der Waals surface area contributed by atoms with Crippen molar-refractivity contribution in [3.05, 3.63) is 0 Å². The number of hydrogen-bond donors (Lipinski definition) is 0. The van der Waals surface area contributed by atoms with Gasteiger partial charge in [-0.05, 0) is 0 Å². The Morgan fingerprint density at radius 1 is 1.75 bits per heavy atom. The Morgan fingerprint density at radius 3 is 1.75 bits per heavy atom. The van der Waals surface area contributed by atoms with E-state index in [4.69, 9.17) is 0 Å². The average Bonchev–Trinajstić information content (AvgIpc) is 0.918. The van der Waals surface area contributed by atoms with Crippen molar-refractivity contribution in [1.29, 1.82) is 0 Å². The van der Waals surface area contributed by atoms with Crippen molar-refractivity contribution < 1.29 is 0 Å². The van der Waals surface area contributed by atoms with E-state index >= 15 is 0 Å². The van der Waals surface area contributed by atoms with Crippen LogP contribution in [0.25, 0.3) is 0 Å². The maximum atomic E-state index is 2.19. The molecule has 0 spiro atoms. The van der Waals surface area contributed by atoms with Crippen LogP contribution in [0.15, 0.2) is 0 Å². The van der Waals surface area contributed by atoms with E-state index in [1.807, 2.05) is 0 Å². The van der Waals surface area contributed by atoms with Crippen LogP contribution in [0.2, 0.25) is 3.67 Å². The van der Waals surface area contributed by atoms with Gasteiger partial charge in [-0.15, -0.1) is 0 Å². The molecule has 0 saturated carbocycles. The Bertz CT molecular complexity index is 6.00. The molecule has 0 heterocycles. The van der Waals surface area contributed by atoms with Gasteiger partial charge in [0.15, 0.2) is 0 Å². The maximum absolute atomic E-state index is 2.19. The third-order valence-corrected chi connectivity index (χ3v) is 0. The summed E-state index contributed by atoms with van der Waals surface area (Å²) in [7, 11) is 0. The minimum absolute atomic E-state index is 0. The van der Waals surface area contributed by atoms with Crippen molar-refractivity contribution >= 4 is 36.3 Å². The predicted octanol–water partition coefficient (Wildman–Crippen LogP) is -0.591. The van der Waals surface area contributed by atoms with Gasteiger partial charge in [0.2, 0.25) is 0 Å². The first-order chi connectivity index (χ1) is 1.41. The molecule has 0 atom stereocenters. The molecule has 0 aliphatic heterocycles. The number of rotatable bonds is 0. The third kappa shape index (κ3) is 11.5. The second kappa shape index (κ2) is 8.96. The SMILES string of the molecule is B.C[CH2][Na]. The molecule has 0 radical (unpaired) electrons. The standard InChI is InChI=1S/C2H5.BH3.Na/c1-2;;/h1H2,2H3;1H3;. The molecular weight excluding hydrogens is 57.8 g/mol. The molecule has 0 fully saturated rings. The summed E-state index contributed by atoms with van der Waals surface area (Å²) < 4.78 is 1.39. The summed E-state index contributed by atoms with van der Waals surface area (Å²) in [6.45, 7) is 2.19. The fraction of sp³-hybridized carbons (Fsp3) is 1.00. The van der Waals surface area contributed by atoms with E-state index in [9.17, 15) is 0 Å². The van der Waals surface area contributed by atoms with Crippen molar-refractivity contribution in [2.45, 2.75) is 10.6 Å². The Hall–Kier alpha value is 1.06. The van der Waals surface area contributed by atoms with Crippen LogP contribution in [-0.2, 0) is 0 Å². The summed E-state index contributed by atoms with van der Waals surface area (Å²) in [5, 5.41) is 0. The molecule has 0 unspecified atom stereocenters. The first kappa shape index (κ1) is 8.91. The zero-order chi connectivity index (χ0) is 2.71. The molecule has 4 heavy (non-hydrogen) atoms. The molecule has 0 aliphatic rings. The average molecular weight is 65.9 g/mol. The van der Waals surface area contributed by atoms with Crippen LogP contribution in [-0.4, -0.2) is 36.3 Å². The van der Waals surface area contributed by atoms with Gasteiger partial charge < -0.3 is 0 Å². The molecular formula is C2H8BNa. The van der Waals surface area contributed by atoms with Crippen molar-refractivity contribution in [3.8, 4) is 0 Å². The van der Waals surface area contributed by atoms with Crippen LogP contribution in [0, 0.1) is 0 Å². The van der Waals surface area contributed by atoms with Crippen LogP contribution < -0.4 is 0 Å². The van der Waals surface area contributed by atoms with Crippen molar-refractivity contribution in [1.82, 2.24) is 0 Å². The topological polar surface area (TPSA) is 0 Å². The fourth-order valence-corrected chi connectivity index (χ4v) is 0. The van der Waals surface area contributed by atoms with Gasteiger partial charge >= 0.3 is 38.5 Å². The Kier molecular flexibility index (Phi) is 19.9. The second-order valence-corrected chi connectivity index (χ2v) is 2.12. The van der Waals surface area contributed by atoms with E-state index in [0.717, 1.165) is 0 Å². The first-order valence-electron chi connectivity index (χ1n) is 1.41. The zero-order valence-corrected chi connectivity index (χ0v) is 4.71. The van der Waals surface area contributed by atoms with Crippen molar-refractivity contribution in [3.63, 3.8) is 0 Å². The molecule has 20 valence electrons. The van der Waals surface area contributed by atoms with E-state index in [-0.39, 0.29) is 8.41 Å². The molecule has 0 rings (SSSR count). The summed E-state index contributed by atoms with van der Waals surface area (Å²) in [5.41, 5.74) is 0. The van der Waals surface area contributed by atoms with Gasteiger partial charge in [0.05, 0.1) is 8.41 Å². The van der Waals surface area contributed by atoms with Gasteiger partial charge in [-0.1, -0.05) is 0 Å². The molecule has 0 aromatic heterocycles.